The van der Waals surface area contributed by atoms with Crippen LogP contribution in [0.1, 0.15) is 38.8 Å². The Morgan fingerprint density at radius 2 is 2.08 bits per heavy atom. The van der Waals surface area contributed by atoms with Crippen molar-refractivity contribution in [2.75, 3.05) is 18.0 Å². The van der Waals surface area contributed by atoms with Gasteiger partial charge in [-0.05, 0) is 43.7 Å². The highest BCUT2D eigenvalue weighted by Crippen LogP contribution is 2.36. The summed E-state index contributed by atoms with van der Waals surface area (Å²) in [7, 11) is 0. The third-order valence-electron chi connectivity index (χ3n) is 4.50. The van der Waals surface area contributed by atoms with E-state index >= 15 is 0 Å². The molecule has 0 saturated carbocycles. The van der Waals surface area contributed by atoms with Gasteiger partial charge in [-0.15, -0.1) is 22.7 Å². The van der Waals surface area contributed by atoms with Gasteiger partial charge in [0.05, 0.1) is 16.8 Å². The molecular weight excluding hydrogens is 352 g/mol. The molecule has 3 aromatic heterocycles. The summed E-state index contributed by atoms with van der Waals surface area (Å²) in [6.07, 6.45) is 2.39. The molecule has 0 bridgehead atoms. The number of carbonyl (C=O) groups excluding carboxylic acids is 1. The second kappa shape index (κ2) is 6.72. The van der Waals surface area contributed by atoms with E-state index in [0.717, 1.165) is 50.3 Å². The lowest BCUT2D eigenvalue weighted by Crippen LogP contribution is -2.22. The summed E-state index contributed by atoms with van der Waals surface area (Å²) in [6.45, 7) is 6.55. The number of fused-ring (bicyclic) bond motifs is 1. The van der Waals surface area contributed by atoms with Crippen molar-refractivity contribution in [1.82, 2.24) is 15.3 Å². The Labute approximate surface area is 154 Å². The van der Waals surface area contributed by atoms with Crippen LogP contribution in [0.25, 0.3) is 10.2 Å². The van der Waals surface area contributed by atoms with Crippen LogP contribution in [0.3, 0.4) is 0 Å². The Balaban J connectivity index is 1.69. The first kappa shape index (κ1) is 16.5. The van der Waals surface area contributed by atoms with Gasteiger partial charge in [-0.2, -0.15) is 0 Å². The number of hydrogen-bond donors (Lipinski definition) is 1. The van der Waals surface area contributed by atoms with Crippen LogP contribution < -0.4 is 10.2 Å². The van der Waals surface area contributed by atoms with Gasteiger partial charge < -0.3 is 10.2 Å². The van der Waals surface area contributed by atoms with Crippen molar-refractivity contribution in [3.8, 4) is 0 Å². The summed E-state index contributed by atoms with van der Waals surface area (Å²) in [4.78, 5) is 27.1. The van der Waals surface area contributed by atoms with Crippen LogP contribution in [0.15, 0.2) is 17.5 Å². The predicted octanol–water partition coefficient (Wildman–Crippen LogP) is 3.90. The SMILES string of the molecule is Cc1nc(N2CCCC2)c2c(C)c(C(=O)NCc3cccs3)sc2n1. The molecule has 3 aromatic rings. The van der Waals surface area contributed by atoms with Crippen molar-refractivity contribution < 1.29 is 4.79 Å². The fourth-order valence-electron chi connectivity index (χ4n) is 3.26. The summed E-state index contributed by atoms with van der Waals surface area (Å²) in [5.41, 5.74) is 0.991. The third-order valence-corrected chi connectivity index (χ3v) is 6.56. The van der Waals surface area contributed by atoms with E-state index in [2.05, 4.69) is 15.2 Å². The van der Waals surface area contributed by atoms with Crippen molar-refractivity contribution in [3.63, 3.8) is 0 Å². The average Bonchev–Trinajstić information content (AvgIpc) is 3.34. The molecular formula is C18H20N4OS2. The molecule has 4 rings (SSSR count). The number of aryl methyl sites for hydroxylation is 2. The molecule has 0 spiro atoms. The number of nitrogens with one attached hydrogen (secondary N) is 1. The first-order valence-electron chi connectivity index (χ1n) is 8.47. The number of aromatic nitrogens is 2. The highest BCUT2D eigenvalue weighted by molar-refractivity contribution is 7.20. The first-order chi connectivity index (χ1) is 12.1. The maximum absolute atomic E-state index is 12.7. The molecule has 1 N–H and O–H groups in total. The second-order valence-electron chi connectivity index (χ2n) is 6.29. The predicted molar refractivity (Wildman–Crippen MR) is 104 cm³/mol. The quantitative estimate of drug-likeness (QED) is 0.755. The van der Waals surface area contributed by atoms with Crippen LogP contribution in [-0.4, -0.2) is 29.0 Å². The van der Waals surface area contributed by atoms with Crippen molar-refractivity contribution in [1.29, 1.82) is 0 Å². The van der Waals surface area contributed by atoms with E-state index in [0.29, 0.717) is 6.54 Å². The summed E-state index contributed by atoms with van der Waals surface area (Å²) < 4.78 is 0. The monoisotopic (exact) mass is 372 g/mol. The number of anilines is 1. The first-order valence-corrected chi connectivity index (χ1v) is 10.2. The molecule has 4 heterocycles. The van der Waals surface area contributed by atoms with Gasteiger partial charge in [0.1, 0.15) is 16.5 Å². The zero-order valence-corrected chi connectivity index (χ0v) is 16.0. The lowest BCUT2D eigenvalue weighted by atomic mass is 10.2. The van der Waals surface area contributed by atoms with Crippen LogP contribution in [0.4, 0.5) is 5.82 Å². The van der Waals surface area contributed by atoms with Crippen molar-refractivity contribution in [3.05, 3.63) is 38.7 Å². The van der Waals surface area contributed by atoms with Crippen LogP contribution in [0.2, 0.25) is 0 Å². The number of thiophene rings is 2. The van der Waals surface area contributed by atoms with Crippen molar-refractivity contribution in [2.45, 2.75) is 33.2 Å². The summed E-state index contributed by atoms with van der Waals surface area (Å²) >= 11 is 3.12. The molecule has 1 amide bonds. The van der Waals surface area contributed by atoms with Gasteiger partial charge >= 0.3 is 0 Å². The average molecular weight is 373 g/mol. The van der Waals surface area contributed by atoms with E-state index in [1.54, 1.807) is 11.3 Å². The third kappa shape index (κ3) is 3.14. The molecule has 1 aliphatic rings. The molecule has 7 heteroatoms. The smallest absolute Gasteiger partial charge is 0.262 e. The maximum Gasteiger partial charge on any atom is 0.262 e. The molecule has 0 aliphatic carbocycles. The van der Waals surface area contributed by atoms with Gasteiger partial charge in [0.15, 0.2) is 0 Å². The number of rotatable bonds is 4. The lowest BCUT2D eigenvalue weighted by molar-refractivity contribution is 0.0955. The largest absolute Gasteiger partial charge is 0.356 e. The fourth-order valence-corrected chi connectivity index (χ4v) is 5.04. The highest BCUT2D eigenvalue weighted by atomic mass is 32.1. The van der Waals surface area contributed by atoms with Crippen LogP contribution >= 0.6 is 22.7 Å². The van der Waals surface area contributed by atoms with Gasteiger partial charge in [-0.3, -0.25) is 4.79 Å². The second-order valence-corrected chi connectivity index (χ2v) is 8.32. The molecule has 1 aliphatic heterocycles. The van der Waals surface area contributed by atoms with Gasteiger partial charge in [0, 0.05) is 18.0 Å². The molecule has 25 heavy (non-hydrogen) atoms. The van der Waals surface area contributed by atoms with Crippen molar-refractivity contribution >= 4 is 44.6 Å². The number of carbonyl (C=O) groups is 1. The van der Waals surface area contributed by atoms with Gasteiger partial charge in [0.2, 0.25) is 0 Å². The zero-order chi connectivity index (χ0) is 17.4. The maximum atomic E-state index is 12.7. The Kier molecular flexibility index (Phi) is 4.43. The molecule has 0 aromatic carbocycles. The Hall–Kier alpha value is -1.99. The minimum Gasteiger partial charge on any atom is -0.356 e. The van der Waals surface area contributed by atoms with Crippen LogP contribution in [-0.2, 0) is 6.54 Å². The van der Waals surface area contributed by atoms with Crippen LogP contribution in [0, 0.1) is 13.8 Å². The van der Waals surface area contributed by atoms with Crippen LogP contribution in [0.5, 0.6) is 0 Å². The summed E-state index contributed by atoms with van der Waals surface area (Å²) in [6, 6.07) is 4.03. The van der Waals surface area contributed by atoms with Gasteiger partial charge in [-0.25, -0.2) is 9.97 Å². The van der Waals surface area contributed by atoms with E-state index in [1.165, 1.54) is 24.2 Å². The fraction of sp³-hybridized carbons (Fsp3) is 0.389. The Morgan fingerprint density at radius 3 is 2.80 bits per heavy atom. The minimum atomic E-state index is -0.0288. The highest BCUT2D eigenvalue weighted by Gasteiger charge is 2.24. The molecule has 130 valence electrons. The van der Waals surface area contributed by atoms with Crippen molar-refractivity contribution in [2.24, 2.45) is 0 Å². The molecule has 0 radical (unpaired) electrons. The van der Waals surface area contributed by atoms with E-state index in [1.807, 2.05) is 31.4 Å². The topological polar surface area (TPSA) is 58.1 Å². The summed E-state index contributed by atoms with van der Waals surface area (Å²) in [5.74, 6) is 1.73. The normalized spacial score (nSPS) is 14.4. The molecule has 0 atom stereocenters. The van der Waals surface area contributed by atoms with Gasteiger partial charge in [-0.1, -0.05) is 6.07 Å². The standard InChI is InChI=1S/C18H20N4OS2/c1-11-14-16(22-7-3-4-8-22)20-12(2)21-18(14)25-15(11)17(23)19-10-13-6-5-9-24-13/h5-6,9H,3-4,7-8,10H2,1-2H3,(H,19,23). The number of nitrogens with zero attached hydrogens (tertiary/aromatic N) is 3. The Bertz CT molecular complexity index is 911. The van der Waals surface area contributed by atoms with E-state index < -0.39 is 0 Å². The number of amides is 1. The van der Waals surface area contributed by atoms with Gasteiger partial charge in [0.25, 0.3) is 5.91 Å². The summed E-state index contributed by atoms with van der Waals surface area (Å²) in [5, 5.41) is 6.09. The molecule has 1 fully saturated rings. The Morgan fingerprint density at radius 1 is 1.28 bits per heavy atom. The van der Waals surface area contributed by atoms with E-state index in [-0.39, 0.29) is 5.91 Å². The lowest BCUT2D eigenvalue weighted by Gasteiger charge is -2.18. The zero-order valence-electron chi connectivity index (χ0n) is 14.3. The van der Waals surface area contributed by atoms with E-state index in [9.17, 15) is 4.79 Å². The molecule has 5 nitrogen and oxygen atoms in total. The van der Waals surface area contributed by atoms with E-state index in [4.69, 9.17) is 4.98 Å². The minimum absolute atomic E-state index is 0.0288. The molecule has 0 unspecified atom stereocenters. The number of hydrogen-bond acceptors (Lipinski definition) is 6. The molecule has 1 saturated heterocycles.